The van der Waals surface area contributed by atoms with Gasteiger partial charge < -0.3 is 14.8 Å². The van der Waals surface area contributed by atoms with Gasteiger partial charge in [0.05, 0.1) is 18.4 Å². The van der Waals surface area contributed by atoms with Crippen LogP contribution in [0.15, 0.2) is 78.4 Å². The Morgan fingerprint density at radius 1 is 1.03 bits per heavy atom. The quantitative estimate of drug-likeness (QED) is 0.304. The Morgan fingerprint density at radius 3 is 2.38 bits per heavy atom. The number of rotatable bonds is 7. The number of amides is 1. The molecule has 0 spiro atoms. The van der Waals surface area contributed by atoms with Crippen molar-refractivity contribution in [2.75, 3.05) is 12.4 Å². The van der Waals surface area contributed by atoms with E-state index in [2.05, 4.69) is 5.32 Å². The van der Waals surface area contributed by atoms with Gasteiger partial charge in [0.15, 0.2) is 0 Å². The monoisotopic (exact) mass is 446 g/mol. The summed E-state index contributed by atoms with van der Waals surface area (Å²) in [5.41, 5.74) is 1.98. The number of benzene rings is 3. The van der Waals surface area contributed by atoms with Gasteiger partial charge in [-0.3, -0.25) is 4.79 Å². The van der Waals surface area contributed by atoms with Crippen molar-refractivity contribution in [1.29, 1.82) is 5.26 Å². The Balaban J connectivity index is 1.68. The lowest BCUT2D eigenvalue weighted by atomic mass is 10.1. The van der Waals surface area contributed by atoms with Crippen molar-refractivity contribution in [3.8, 4) is 11.8 Å². The molecule has 3 aromatic carbocycles. The molecular formula is C25H19ClN2O4. The Labute approximate surface area is 190 Å². The zero-order valence-electron chi connectivity index (χ0n) is 17.2. The zero-order valence-corrected chi connectivity index (χ0v) is 17.9. The summed E-state index contributed by atoms with van der Waals surface area (Å²) in [5.74, 6) is -0.573. The number of anilines is 1. The third-order valence-corrected chi connectivity index (χ3v) is 4.71. The second-order valence-corrected chi connectivity index (χ2v) is 7.08. The first kappa shape index (κ1) is 22.6. The molecule has 0 aliphatic rings. The van der Waals surface area contributed by atoms with Gasteiger partial charge in [0.25, 0.3) is 5.91 Å². The van der Waals surface area contributed by atoms with Crippen LogP contribution in [0, 0.1) is 11.3 Å². The van der Waals surface area contributed by atoms with Crippen molar-refractivity contribution in [1.82, 2.24) is 0 Å². The molecule has 0 aromatic heterocycles. The average molecular weight is 447 g/mol. The molecule has 0 aliphatic heterocycles. The minimum atomic E-state index is -0.632. The Kier molecular flexibility index (Phi) is 7.63. The summed E-state index contributed by atoms with van der Waals surface area (Å²) in [6.45, 7) is 0.387. The molecule has 0 bridgehead atoms. The lowest BCUT2D eigenvalue weighted by Crippen LogP contribution is -2.16. The van der Waals surface area contributed by atoms with E-state index in [1.807, 2.05) is 18.2 Å². The van der Waals surface area contributed by atoms with Crippen LogP contribution in [0.5, 0.6) is 5.75 Å². The van der Waals surface area contributed by atoms with Gasteiger partial charge in [-0.15, -0.1) is 0 Å². The van der Waals surface area contributed by atoms with Crippen LogP contribution in [-0.4, -0.2) is 19.0 Å². The minimum Gasteiger partial charge on any atom is -0.489 e. The number of nitriles is 1. The molecule has 0 unspecified atom stereocenters. The third kappa shape index (κ3) is 5.97. The SMILES string of the molecule is COC(=O)c1ccccc1NC(=O)/C(C#N)=C\c1ccc(OCc2ccc(Cl)cc2)cc1. The predicted molar refractivity (Wildman–Crippen MR) is 122 cm³/mol. The maximum atomic E-state index is 12.6. The molecule has 0 fully saturated rings. The summed E-state index contributed by atoms with van der Waals surface area (Å²) >= 11 is 5.88. The van der Waals surface area contributed by atoms with Crippen molar-refractivity contribution >= 4 is 35.2 Å². The van der Waals surface area contributed by atoms with Gasteiger partial charge in [-0.1, -0.05) is 48.0 Å². The van der Waals surface area contributed by atoms with Crippen LogP contribution in [0.1, 0.15) is 21.5 Å². The number of halogens is 1. The highest BCUT2D eigenvalue weighted by molar-refractivity contribution is 6.30. The predicted octanol–water partition coefficient (Wildman–Crippen LogP) is 5.25. The Morgan fingerprint density at radius 2 is 1.72 bits per heavy atom. The number of nitrogens with zero attached hydrogens (tertiary/aromatic N) is 1. The summed E-state index contributed by atoms with van der Waals surface area (Å²) in [7, 11) is 1.25. The number of carbonyl (C=O) groups excluding carboxylic acids is 2. The van der Waals surface area contributed by atoms with E-state index in [4.69, 9.17) is 21.1 Å². The molecule has 0 radical (unpaired) electrons. The van der Waals surface area contributed by atoms with Crippen molar-refractivity contribution < 1.29 is 19.1 Å². The van der Waals surface area contributed by atoms with E-state index < -0.39 is 11.9 Å². The Bertz CT molecular complexity index is 1180. The molecule has 32 heavy (non-hydrogen) atoms. The lowest BCUT2D eigenvalue weighted by molar-refractivity contribution is -0.112. The van der Waals surface area contributed by atoms with Crippen molar-refractivity contribution in [3.05, 3.63) is 100 Å². The smallest absolute Gasteiger partial charge is 0.339 e. The zero-order chi connectivity index (χ0) is 22.9. The van der Waals surface area contributed by atoms with Crippen LogP contribution in [0.4, 0.5) is 5.69 Å². The standard InChI is InChI=1S/C25H19ClN2O4/c1-31-25(30)22-4-2-3-5-23(22)28-24(29)19(15-27)14-17-8-12-21(13-9-17)32-16-18-6-10-20(26)11-7-18/h2-14H,16H2,1H3,(H,28,29)/b19-14-. The van der Waals surface area contributed by atoms with Gasteiger partial charge in [-0.05, 0) is 53.6 Å². The largest absolute Gasteiger partial charge is 0.489 e. The molecule has 0 heterocycles. The topological polar surface area (TPSA) is 88.4 Å². The summed E-state index contributed by atoms with van der Waals surface area (Å²) in [4.78, 5) is 24.4. The number of hydrogen-bond acceptors (Lipinski definition) is 5. The van der Waals surface area contributed by atoms with Gasteiger partial charge in [0.1, 0.15) is 24.0 Å². The molecule has 0 atom stereocenters. The number of nitrogens with one attached hydrogen (secondary N) is 1. The highest BCUT2D eigenvalue weighted by Crippen LogP contribution is 2.19. The highest BCUT2D eigenvalue weighted by Gasteiger charge is 2.15. The fourth-order valence-corrected chi connectivity index (χ4v) is 2.92. The summed E-state index contributed by atoms with van der Waals surface area (Å²) in [6, 6.07) is 22.6. The molecular weight excluding hydrogens is 428 g/mol. The molecule has 1 N–H and O–H groups in total. The summed E-state index contributed by atoms with van der Waals surface area (Å²) in [6.07, 6.45) is 1.46. The minimum absolute atomic E-state index is 0.112. The maximum Gasteiger partial charge on any atom is 0.339 e. The van der Waals surface area contributed by atoms with E-state index in [1.54, 1.807) is 54.6 Å². The van der Waals surface area contributed by atoms with Gasteiger partial charge in [0, 0.05) is 5.02 Å². The molecule has 0 saturated heterocycles. The van der Waals surface area contributed by atoms with Crippen LogP contribution < -0.4 is 10.1 Å². The van der Waals surface area contributed by atoms with E-state index >= 15 is 0 Å². The highest BCUT2D eigenvalue weighted by atomic mass is 35.5. The molecule has 3 rings (SSSR count). The Hall–Kier alpha value is -4.08. The van der Waals surface area contributed by atoms with Crippen molar-refractivity contribution in [2.45, 2.75) is 6.61 Å². The second-order valence-electron chi connectivity index (χ2n) is 6.65. The van der Waals surface area contributed by atoms with Crippen LogP contribution in [-0.2, 0) is 16.1 Å². The normalized spacial score (nSPS) is 10.7. The second kappa shape index (κ2) is 10.8. The number of esters is 1. The van der Waals surface area contributed by atoms with E-state index in [-0.39, 0.29) is 16.8 Å². The number of carbonyl (C=O) groups is 2. The van der Waals surface area contributed by atoms with Crippen LogP contribution in [0.2, 0.25) is 5.02 Å². The van der Waals surface area contributed by atoms with Crippen molar-refractivity contribution in [2.24, 2.45) is 0 Å². The van der Waals surface area contributed by atoms with E-state index in [0.717, 1.165) is 5.56 Å². The van der Waals surface area contributed by atoms with Gasteiger partial charge in [-0.2, -0.15) is 5.26 Å². The molecule has 3 aromatic rings. The number of hydrogen-bond donors (Lipinski definition) is 1. The molecule has 160 valence electrons. The van der Waals surface area contributed by atoms with E-state index in [0.29, 0.717) is 22.9 Å². The summed E-state index contributed by atoms with van der Waals surface area (Å²) < 4.78 is 10.5. The fraction of sp³-hybridized carbons (Fsp3) is 0.0800. The van der Waals surface area contributed by atoms with Crippen LogP contribution in [0.3, 0.4) is 0 Å². The van der Waals surface area contributed by atoms with Gasteiger partial charge in [-0.25, -0.2) is 4.79 Å². The lowest BCUT2D eigenvalue weighted by Gasteiger charge is -2.09. The van der Waals surface area contributed by atoms with Crippen LogP contribution in [0.25, 0.3) is 6.08 Å². The van der Waals surface area contributed by atoms with Crippen LogP contribution >= 0.6 is 11.6 Å². The number of ether oxygens (including phenoxy) is 2. The third-order valence-electron chi connectivity index (χ3n) is 4.46. The molecule has 0 saturated carbocycles. The number of para-hydroxylation sites is 1. The maximum absolute atomic E-state index is 12.6. The fourth-order valence-electron chi connectivity index (χ4n) is 2.79. The molecule has 6 nitrogen and oxygen atoms in total. The molecule has 7 heteroatoms. The van der Waals surface area contributed by atoms with Gasteiger partial charge in [0.2, 0.25) is 0 Å². The average Bonchev–Trinajstić information content (AvgIpc) is 2.82. The van der Waals surface area contributed by atoms with E-state index in [9.17, 15) is 14.9 Å². The van der Waals surface area contributed by atoms with Crippen molar-refractivity contribution in [3.63, 3.8) is 0 Å². The molecule has 1 amide bonds. The van der Waals surface area contributed by atoms with E-state index in [1.165, 1.54) is 19.3 Å². The first-order valence-electron chi connectivity index (χ1n) is 9.58. The molecule has 0 aliphatic carbocycles. The van der Waals surface area contributed by atoms with Gasteiger partial charge >= 0.3 is 5.97 Å². The first-order chi connectivity index (χ1) is 15.5. The summed E-state index contributed by atoms with van der Waals surface area (Å²) in [5, 5.41) is 12.7. The number of methoxy groups -OCH3 is 1. The first-order valence-corrected chi connectivity index (χ1v) is 9.95.